The molecule has 2 aromatic rings. The highest BCUT2D eigenvalue weighted by molar-refractivity contribution is 9.10. The largest absolute Gasteiger partial charge is 0.507 e. The topological polar surface area (TPSA) is 109 Å². The van der Waals surface area contributed by atoms with E-state index in [-0.39, 0.29) is 16.3 Å². The summed E-state index contributed by atoms with van der Waals surface area (Å²) in [6.45, 7) is 11.7. The molecule has 0 aliphatic heterocycles. The van der Waals surface area contributed by atoms with Gasteiger partial charge in [-0.3, -0.25) is 4.79 Å². The molecule has 0 aliphatic carbocycles. The van der Waals surface area contributed by atoms with Crippen LogP contribution in [0.5, 0.6) is 5.75 Å². The van der Waals surface area contributed by atoms with Crippen LogP contribution in [0.3, 0.4) is 0 Å². The van der Waals surface area contributed by atoms with E-state index < -0.39 is 26.8 Å². The van der Waals surface area contributed by atoms with Crippen molar-refractivity contribution >= 4 is 37.5 Å². The van der Waals surface area contributed by atoms with E-state index in [4.69, 9.17) is 5.14 Å². The molecule has 0 radical (unpaired) electrons. The van der Waals surface area contributed by atoms with Crippen LogP contribution < -0.4 is 10.5 Å². The van der Waals surface area contributed by atoms with E-state index in [1.165, 1.54) is 18.2 Å². The predicted octanol–water partition coefficient (Wildman–Crippen LogP) is 4.65. The van der Waals surface area contributed by atoms with Crippen LogP contribution in [-0.2, 0) is 20.9 Å². The third-order valence-electron chi connectivity index (χ3n) is 4.48. The quantitative estimate of drug-likeness (QED) is 0.590. The number of hydrogen-bond acceptors (Lipinski definition) is 4. The lowest BCUT2D eigenvalue weighted by Gasteiger charge is -2.28. The Morgan fingerprint density at radius 2 is 1.48 bits per heavy atom. The van der Waals surface area contributed by atoms with Gasteiger partial charge in [0.2, 0.25) is 10.0 Å². The molecule has 8 heteroatoms. The Kier molecular flexibility index (Phi) is 6.24. The molecular weight excluding hydrogens is 456 g/mol. The van der Waals surface area contributed by atoms with Gasteiger partial charge in [-0.1, -0.05) is 57.5 Å². The van der Waals surface area contributed by atoms with Gasteiger partial charge in [0, 0.05) is 21.2 Å². The average molecular weight is 483 g/mol. The number of carbonyl (C=O) groups excluding carboxylic acids is 1. The molecule has 0 bridgehead atoms. The molecule has 29 heavy (non-hydrogen) atoms. The molecule has 0 unspecified atom stereocenters. The van der Waals surface area contributed by atoms with Crippen LogP contribution in [0.1, 0.15) is 63.0 Å². The molecule has 0 saturated heterocycles. The van der Waals surface area contributed by atoms with E-state index in [1.54, 1.807) is 12.1 Å². The van der Waals surface area contributed by atoms with Crippen LogP contribution in [-0.4, -0.2) is 19.4 Å². The lowest BCUT2D eigenvalue weighted by Crippen LogP contribution is -2.22. The number of benzene rings is 2. The second-order valence-corrected chi connectivity index (χ2v) is 11.5. The molecule has 1 amide bonds. The number of carbonyl (C=O) groups is 1. The van der Waals surface area contributed by atoms with E-state index in [0.717, 1.165) is 0 Å². The molecule has 2 rings (SSSR count). The molecule has 158 valence electrons. The van der Waals surface area contributed by atoms with Crippen molar-refractivity contribution in [2.24, 2.45) is 5.14 Å². The number of anilines is 1. The summed E-state index contributed by atoms with van der Waals surface area (Å²) < 4.78 is 24.3. The number of phenols is 1. The van der Waals surface area contributed by atoms with Gasteiger partial charge in [0.1, 0.15) is 10.6 Å². The van der Waals surface area contributed by atoms with Gasteiger partial charge in [-0.2, -0.15) is 0 Å². The first kappa shape index (κ1) is 23.4. The highest BCUT2D eigenvalue weighted by Crippen LogP contribution is 2.40. The number of amides is 1. The van der Waals surface area contributed by atoms with Crippen molar-refractivity contribution in [1.29, 1.82) is 0 Å². The first-order valence-corrected chi connectivity index (χ1v) is 11.4. The van der Waals surface area contributed by atoms with Crippen LogP contribution in [0.25, 0.3) is 0 Å². The van der Waals surface area contributed by atoms with E-state index in [1.807, 2.05) is 41.5 Å². The molecular formula is C21H27BrN2O4S. The van der Waals surface area contributed by atoms with Crippen molar-refractivity contribution in [2.75, 3.05) is 5.32 Å². The average Bonchev–Trinajstić information content (AvgIpc) is 2.51. The van der Waals surface area contributed by atoms with Gasteiger partial charge in [0.05, 0.1) is 5.69 Å². The zero-order chi connectivity index (χ0) is 22.4. The van der Waals surface area contributed by atoms with E-state index in [2.05, 4.69) is 21.2 Å². The van der Waals surface area contributed by atoms with E-state index in [0.29, 0.717) is 21.2 Å². The first-order chi connectivity index (χ1) is 13.0. The van der Waals surface area contributed by atoms with Gasteiger partial charge < -0.3 is 10.4 Å². The number of aromatic hydroxyl groups is 1. The van der Waals surface area contributed by atoms with Gasteiger partial charge in [0.25, 0.3) is 5.91 Å². The van der Waals surface area contributed by atoms with Gasteiger partial charge in [-0.05, 0) is 41.2 Å². The second kappa shape index (κ2) is 7.74. The highest BCUT2D eigenvalue weighted by atomic mass is 79.9. The van der Waals surface area contributed by atoms with Crippen LogP contribution in [0.2, 0.25) is 0 Å². The van der Waals surface area contributed by atoms with Crippen molar-refractivity contribution in [2.45, 2.75) is 57.3 Å². The van der Waals surface area contributed by atoms with Gasteiger partial charge in [-0.15, -0.1) is 0 Å². The fourth-order valence-electron chi connectivity index (χ4n) is 2.95. The van der Waals surface area contributed by atoms with Crippen LogP contribution in [0.15, 0.2) is 39.7 Å². The lowest BCUT2D eigenvalue weighted by molar-refractivity contribution is 0.102. The minimum absolute atomic E-state index is 0.0783. The lowest BCUT2D eigenvalue weighted by atomic mass is 9.78. The molecule has 2 aromatic carbocycles. The number of phenolic OH excluding ortho intramolecular Hbond substituents is 1. The fourth-order valence-corrected chi connectivity index (χ4v) is 3.99. The Morgan fingerprint density at radius 3 is 1.90 bits per heavy atom. The maximum absolute atomic E-state index is 13.0. The molecule has 4 N–H and O–H groups in total. The Balaban J connectivity index is 2.62. The zero-order valence-electron chi connectivity index (χ0n) is 17.4. The standard InChI is InChI=1S/C21H27BrN2O4S/c1-20(2,3)14-9-12(10-15(18(14)25)21(4,5)6)19(26)24-16-11-13(22)7-8-17(16)29(23,27)28/h7-11,25H,1-6H3,(H,24,26)(H2,23,27,28). The normalized spacial score (nSPS) is 12.7. The molecule has 0 heterocycles. The van der Waals surface area contributed by atoms with E-state index in [9.17, 15) is 18.3 Å². The zero-order valence-corrected chi connectivity index (χ0v) is 19.8. The SMILES string of the molecule is CC(C)(C)c1cc(C(=O)Nc2cc(Br)ccc2S(N)(=O)=O)cc(C(C)(C)C)c1O. The number of nitrogens with two attached hydrogens (primary N) is 1. The van der Waals surface area contributed by atoms with Crippen molar-refractivity contribution in [3.8, 4) is 5.75 Å². The molecule has 0 saturated carbocycles. The maximum atomic E-state index is 13.0. The summed E-state index contributed by atoms with van der Waals surface area (Å²) in [5, 5.41) is 18.7. The highest BCUT2D eigenvalue weighted by Gasteiger charge is 2.28. The van der Waals surface area contributed by atoms with Crippen molar-refractivity contribution in [3.05, 3.63) is 51.5 Å². The molecule has 0 aromatic heterocycles. The number of rotatable bonds is 3. The fraction of sp³-hybridized carbons (Fsp3) is 0.381. The molecule has 0 fully saturated rings. The Bertz CT molecular complexity index is 1030. The summed E-state index contributed by atoms with van der Waals surface area (Å²) in [5.74, 6) is -0.335. The molecule has 0 spiro atoms. The van der Waals surface area contributed by atoms with Gasteiger partial charge >= 0.3 is 0 Å². The number of sulfonamides is 1. The Morgan fingerprint density at radius 1 is 1.00 bits per heavy atom. The molecule has 6 nitrogen and oxygen atoms in total. The monoisotopic (exact) mass is 482 g/mol. The smallest absolute Gasteiger partial charge is 0.255 e. The van der Waals surface area contributed by atoms with Crippen molar-refractivity contribution in [1.82, 2.24) is 0 Å². The van der Waals surface area contributed by atoms with Crippen LogP contribution >= 0.6 is 15.9 Å². The van der Waals surface area contributed by atoms with Crippen molar-refractivity contribution in [3.63, 3.8) is 0 Å². The number of hydrogen-bond donors (Lipinski definition) is 3. The Hall–Kier alpha value is -1.90. The van der Waals surface area contributed by atoms with Gasteiger partial charge in [0.15, 0.2) is 0 Å². The second-order valence-electron chi connectivity index (χ2n) is 9.06. The number of halogens is 1. The van der Waals surface area contributed by atoms with Crippen molar-refractivity contribution < 1.29 is 18.3 Å². The van der Waals surface area contributed by atoms with Crippen LogP contribution in [0.4, 0.5) is 5.69 Å². The minimum atomic E-state index is -4.02. The Labute approximate surface area is 180 Å². The number of primary sulfonamides is 1. The maximum Gasteiger partial charge on any atom is 0.255 e. The summed E-state index contributed by atoms with van der Waals surface area (Å²) >= 11 is 3.27. The minimum Gasteiger partial charge on any atom is -0.507 e. The van der Waals surface area contributed by atoms with Gasteiger partial charge in [-0.25, -0.2) is 13.6 Å². The predicted molar refractivity (Wildman–Crippen MR) is 119 cm³/mol. The van der Waals surface area contributed by atoms with E-state index >= 15 is 0 Å². The molecule has 0 atom stereocenters. The summed E-state index contributed by atoms with van der Waals surface area (Å²) in [6.07, 6.45) is 0. The summed E-state index contributed by atoms with van der Waals surface area (Å²) in [6, 6.07) is 7.61. The summed E-state index contributed by atoms with van der Waals surface area (Å²) in [4.78, 5) is 12.8. The van der Waals surface area contributed by atoms with Crippen LogP contribution in [0, 0.1) is 0 Å². The molecule has 0 aliphatic rings. The summed E-state index contributed by atoms with van der Waals surface area (Å²) in [7, 11) is -4.02. The third-order valence-corrected chi connectivity index (χ3v) is 5.95. The third kappa shape index (κ3) is 5.38. The summed E-state index contributed by atoms with van der Waals surface area (Å²) in [5.41, 5.74) is 0.864. The first-order valence-electron chi connectivity index (χ1n) is 9.03. The number of nitrogens with one attached hydrogen (secondary N) is 1.